The summed E-state index contributed by atoms with van der Waals surface area (Å²) in [4.78, 5) is 3.03. The van der Waals surface area contributed by atoms with E-state index in [1.165, 1.54) is 31.4 Å². The summed E-state index contributed by atoms with van der Waals surface area (Å²) < 4.78 is 0. The van der Waals surface area contributed by atoms with Crippen LogP contribution in [0, 0.1) is 0 Å². The molecule has 1 atom stereocenters. The number of nitrogens with zero attached hydrogens (tertiary/aromatic N) is 1. The first-order chi connectivity index (χ1) is 8.18. The Kier molecular flexibility index (Phi) is 4.13. The van der Waals surface area contributed by atoms with Gasteiger partial charge in [0.15, 0.2) is 0 Å². The van der Waals surface area contributed by atoms with Crippen molar-refractivity contribution in [2.24, 2.45) is 5.73 Å². The van der Waals surface area contributed by atoms with Gasteiger partial charge in [0.25, 0.3) is 0 Å². The average molecular weight is 248 g/mol. The van der Waals surface area contributed by atoms with Gasteiger partial charge in [0, 0.05) is 18.2 Å². The number of nitrogens with two attached hydrogens (primary N) is 1. The molecule has 1 aromatic carbocycles. The van der Waals surface area contributed by atoms with Gasteiger partial charge in [0.1, 0.15) is 4.99 Å². The van der Waals surface area contributed by atoms with Crippen molar-refractivity contribution in [1.29, 1.82) is 0 Å². The van der Waals surface area contributed by atoms with E-state index in [2.05, 4.69) is 24.0 Å². The van der Waals surface area contributed by atoms with E-state index in [-0.39, 0.29) is 0 Å². The van der Waals surface area contributed by atoms with Crippen LogP contribution in [0.15, 0.2) is 24.3 Å². The lowest BCUT2D eigenvalue weighted by Crippen LogP contribution is -2.37. The summed E-state index contributed by atoms with van der Waals surface area (Å²) in [5.74, 6) is 0. The molecule has 1 heterocycles. The van der Waals surface area contributed by atoms with Crippen LogP contribution in [0.4, 0.5) is 0 Å². The van der Waals surface area contributed by atoms with E-state index < -0.39 is 0 Å². The van der Waals surface area contributed by atoms with Gasteiger partial charge in [0.2, 0.25) is 0 Å². The van der Waals surface area contributed by atoms with E-state index in [9.17, 15) is 0 Å². The Balaban J connectivity index is 2.14. The first kappa shape index (κ1) is 12.5. The van der Waals surface area contributed by atoms with E-state index in [1.54, 1.807) is 0 Å². The minimum atomic E-state index is 0.505. The molecular weight excluding hydrogens is 228 g/mol. The molecule has 2 N–H and O–H groups in total. The van der Waals surface area contributed by atoms with Gasteiger partial charge in [-0.15, -0.1) is 0 Å². The van der Waals surface area contributed by atoms with Gasteiger partial charge in [-0.3, -0.25) is 4.90 Å². The monoisotopic (exact) mass is 248 g/mol. The Labute approximate surface area is 109 Å². The van der Waals surface area contributed by atoms with Gasteiger partial charge in [-0.25, -0.2) is 0 Å². The summed E-state index contributed by atoms with van der Waals surface area (Å²) in [5.41, 5.74) is 8.05. The zero-order chi connectivity index (χ0) is 12.3. The van der Waals surface area contributed by atoms with Gasteiger partial charge < -0.3 is 5.73 Å². The zero-order valence-electron chi connectivity index (χ0n) is 10.4. The van der Waals surface area contributed by atoms with Crippen molar-refractivity contribution in [2.45, 2.75) is 38.8 Å². The average Bonchev–Trinajstić information content (AvgIpc) is 2.32. The van der Waals surface area contributed by atoms with Crippen molar-refractivity contribution >= 4 is 17.2 Å². The molecule has 92 valence electrons. The topological polar surface area (TPSA) is 29.3 Å². The number of hydrogen-bond acceptors (Lipinski definition) is 2. The highest BCUT2D eigenvalue weighted by atomic mass is 32.1. The second-order valence-electron chi connectivity index (χ2n) is 4.84. The van der Waals surface area contributed by atoms with Crippen LogP contribution in [0.25, 0.3) is 0 Å². The molecule has 0 bridgehead atoms. The van der Waals surface area contributed by atoms with Crippen molar-refractivity contribution in [3.8, 4) is 0 Å². The number of thiocarbonyl (C=S) groups is 1. The highest BCUT2D eigenvalue weighted by Gasteiger charge is 2.19. The molecule has 0 radical (unpaired) electrons. The van der Waals surface area contributed by atoms with E-state index in [0.717, 1.165) is 12.1 Å². The molecular formula is C14H20N2S. The summed E-state index contributed by atoms with van der Waals surface area (Å²) in [6.45, 7) is 4.46. The Hall–Kier alpha value is -0.930. The van der Waals surface area contributed by atoms with Gasteiger partial charge >= 0.3 is 0 Å². The second-order valence-corrected chi connectivity index (χ2v) is 5.28. The van der Waals surface area contributed by atoms with Gasteiger partial charge in [-0.05, 0) is 31.9 Å². The molecule has 17 heavy (non-hydrogen) atoms. The highest BCUT2D eigenvalue weighted by molar-refractivity contribution is 7.80. The van der Waals surface area contributed by atoms with E-state index in [4.69, 9.17) is 18.0 Å². The third-order valence-corrected chi connectivity index (χ3v) is 3.82. The van der Waals surface area contributed by atoms with Crippen LogP contribution in [-0.2, 0) is 6.54 Å². The summed E-state index contributed by atoms with van der Waals surface area (Å²) >= 11 is 5.11. The first-order valence-corrected chi connectivity index (χ1v) is 6.71. The fraction of sp³-hybridized carbons (Fsp3) is 0.500. The maximum Gasteiger partial charge on any atom is 0.104 e. The summed E-state index contributed by atoms with van der Waals surface area (Å²) in [7, 11) is 0. The molecule has 0 aliphatic carbocycles. The first-order valence-electron chi connectivity index (χ1n) is 6.30. The minimum Gasteiger partial charge on any atom is -0.389 e. The SMILES string of the molecule is CC1CCCCN1Cc1ccccc1C(N)=S. The number of benzene rings is 1. The van der Waals surface area contributed by atoms with E-state index in [0.29, 0.717) is 11.0 Å². The largest absolute Gasteiger partial charge is 0.389 e. The summed E-state index contributed by atoms with van der Waals surface area (Å²) in [6.07, 6.45) is 3.96. The molecule has 1 aliphatic rings. The summed E-state index contributed by atoms with van der Waals surface area (Å²) in [5, 5.41) is 0. The lowest BCUT2D eigenvalue weighted by Gasteiger charge is -2.33. The number of piperidine rings is 1. The Morgan fingerprint density at radius 2 is 2.18 bits per heavy atom. The van der Waals surface area contributed by atoms with Crippen LogP contribution < -0.4 is 5.73 Å². The maximum absolute atomic E-state index is 5.77. The fourth-order valence-corrected chi connectivity index (χ4v) is 2.71. The molecule has 1 fully saturated rings. The van der Waals surface area contributed by atoms with Gasteiger partial charge in [0.05, 0.1) is 0 Å². The third-order valence-electron chi connectivity index (χ3n) is 3.60. The molecule has 0 aromatic heterocycles. The van der Waals surface area contributed by atoms with Crippen molar-refractivity contribution < 1.29 is 0 Å². The Morgan fingerprint density at radius 3 is 2.88 bits per heavy atom. The molecule has 2 rings (SSSR count). The van der Waals surface area contributed by atoms with Gasteiger partial charge in [-0.1, -0.05) is 42.9 Å². The maximum atomic E-state index is 5.77. The quantitative estimate of drug-likeness (QED) is 0.834. The van der Waals surface area contributed by atoms with Crippen LogP contribution in [0.2, 0.25) is 0 Å². The van der Waals surface area contributed by atoms with Crippen LogP contribution in [0.1, 0.15) is 37.3 Å². The molecule has 0 spiro atoms. The minimum absolute atomic E-state index is 0.505. The molecule has 1 aromatic rings. The normalized spacial score (nSPS) is 21.4. The van der Waals surface area contributed by atoms with Crippen LogP contribution in [0.5, 0.6) is 0 Å². The van der Waals surface area contributed by atoms with Gasteiger partial charge in [-0.2, -0.15) is 0 Å². The third kappa shape index (κ3) is 3.05. The number of likely N-dealkylation sites (tertiary alicyclic amines) is 1. The molecule has 1 unspecified atom stereocenters. The molecule has 0 amide bonds. The van der Waals surface area contributed by atoms with E-state index >= 15 is 0 Å². The standard InChI is InChI=1S/C14H20N2S/c1-11-6-4-5-9-16(11)10-12-7-2-3-8-13(12)14(15)17/h2-3,7-8,11H,4-6,9-10H2,1H3,(H2,15,17). The lowest BCUT2D eigenvalue weighted by atomic mass is 10.0. The van der Waals surface area contributed by atoms with Crippen LogP contribution in [0.3, 0.4) is 0 Å². The second kappa shape index (κ2) is 5.61. The number of hydrogen-bond donors (Lipinski definition) is 1. The van der Waals surface area contributed by atoms with Crippen molar-refractivity contribution in [2.75, 3.05) is 6.54 Å². The van der Waals surface area contributed by atoms with Crippen LogP contribution in [-0.4, -0.2) is 22.5 Å². The highest BCUT2D eigenvalue weighted by Crippen LogP contribution is 2.20. The Bertz CT molecular complexity index is 403. The molecule has 1 aliphatic heterocycles. The predicted molar refractivity (Wildman–Crippen MR) is 76.1 cm³/mol. The van der Waals surface area contributed by atoms with E-state index in [1.807, 2.05) is 12.1 Å². The Morgan fingerprint density at radius 1 is 1.41 bits per heavy atom. The van der Waals surface area contributed by atoms with Crippen molar-refractivity contribution in [3.63, 3.8) is 0 Å². The van der Waals surface area contributed by atoms with Crippen molar-refractivity contribution in [3.05, 3.63) is 35.4 Å². The lowest BCUT2D eigenvalue weighted by molar-refractivity contribution is 0.152. The molecule has 1 saturated heterocycles. The molecule has 0 saturated carbocycles. The predicted octanol–water partition coefficient (Wildman–Crippen LogP) is 2.70. The number of rotatable bonds is 3. The van der Waals surface area contributed by atoms with Crippen LogP contribution >= 0.6 is 12.2 Å². The fourth-order valence-electron chi connectivity index (χ4n) is 2.51. The summed E-state index contributed by atoms with van der Waals surface area (Å²) in [6, 6.07) is 8.88. The van der Waals surface area contributed by atoms with Crippen molar-refractivity contribution in [1.82, 2.24) is 4.90 Å². The zero-order valence-corrected chi connectivity index (χ0v) is 11.2. The molecule has 2 nitrogen and oxygen atoms in total. The smallest absolute Gasteiger partial charge is 0.104 e. The molecule has 3 heteroatoms.